The molecule has 2 aromatic carbocycles. The average molecular weight is 496 g/mol. The third-order valence-corrected chi connectivity index (χ3v) is 5.80. The lowest BCUT2D eigenvalue weighted by Gasteiger charge is -2.18. The van der Waals surface area contributed by atoms with Gasteiger partial charge >= 0.3 is 12.1 Å². The highest BCUT2D eigenvalue weighted by Crippen LogP contribution is 2.27. The van der Waals surface area contributed by atoms with Crippen molar-refractivity contribution in [1.29, 1.82) is 5.41 Å². The molecule has 6 N–H and O–H groups in total. The van der Waals surface area contributed by atoms with E-state index in [0.717, 1.165) is 5.56 Å². The number of hydrogen-bond donors (Lipinski definition) is 5. The predicted octanol–water partition coefficient (Wildman–Crippen LogP) is 1.25. The Morgan fingerprint density at radius 1 is 1.14 bits per heavy atom. The standard InChI is InChI=1S/C25H29N5O6/c26-22(27)17-6-8-19(9-7-17)30-12-10-18(23(30)32)14-21(31)28-15-20(24(33)34)29-25(35)36-13-11-16-4-2-1-3-5-16/h1-9,18,20H,10-15H2,(H3,26,27)(H,28,31)(H,29,35)(H,33,34)/t18?,20-/m0/s1. The van der Waals surface area contributed by atoms with E-state index in [4.69, 9.17) is 15.9 Å². The monoisotopic (exact) mass is 495 g/mol. The highest BCUT2D eigenvalue weighted by Gasteiger charge is 2.34. The number of carboxylic acid groups (broad SMARTS) is 1. The summed E-state index contributed by atoms with van der Waals surface area (Å²) in [4.78, 5) is 50.2. The number of nitrogens with one attached hydrogen (secondary N) is 3. The van der Waals surface area contributed by atoms with Crippen molar-refractivity contribution in [2.75, 3.05) is 24.6 Å². The first-order chi connectivity index (χ1) is 17.2. The minimum atomic E-state index is -1.38. The molecule has 1 fully saturated rings. The zero-order valence-corrected chi connectivity index (χ0v) is 19.6. The van der Waals surface area contributed by atoms with Gasteiger partial charge < -0.3 is 31.1 Å². The summed E-state index contributed by atoms with van der Waals surface area (Å²) in [6.07, 6.45) is -0.0511. The maximum atomic E-state index is 12.8. The zero-order chi connectivity index (χ0) is 26.1. The molecule has 0 bridgehead atoms. The molecule has 1 unspecified atom stereocenters. The molecule has 0 radical (unpaired) electrons. The molecule has 36 heavy (non-hydrogen) atoms. The summed E-state index contributed by atoms with van der Waals surface area (Å²) in [5, 5.41) is 21.5. The average Bonchev–Trinajstić information content (AvgIpc) is 3.22. The van der Waals surface area contributed by atoms with Crippen LogP contribution in [0.1, 0.15) is 24.0 Å². The van der Waals surface area contributed by atoms with Crippen molar-refractivity contribution in [1.82, 2.24) is 10.6 Å². The van der Waals surface area contributed by atoms with Gasteiger partial charge in [-0.15, -0.1) is 0 Å². The number of ether oxygens (including phenoxy) is 1. The predicted molar refractivity (Wildman–Crippen MR) is 132 cm³/mol. The molecule has 0 spiro atoms. The number of alkyl carbamates (subject to hydrolysis) is 1. The molecule has 0 aromatic heterocycles. The smallest absolute Gasteiger partial charge is 0.407 e. The molecule has 2 aromatic rings. The van der Waals surface area contributed by atoms with Gasteiger partial charge in [0.2, 0.25) is 11.8 Å². The topological polar surface area (TPSA) is 175 Å². The number of carboxylic acids is 1. The summed E-state index contributed by atoms with van der Waals surface area (Å²) < 4.78 is 5.03. The van der Waals surface area contributed by atoms with Gasteiger partial charge in [0.05, 0.1) is 6.61 Å². The minimum absolute atomic E-state index is 0.0709. The molecule has 1 aliphatic heterocycles. The largest absolute Gasteiger partial charge is 0.480 e. The number of amidine groups is 1. The Labute approximate surface area is 208 Å². The number of carbonyl (C=O) groups is 4. The zero-order valence-electron chi connectivity index (χ0n) is 19.6. The van der Waals surface area contributed by atoms with Crippen LogP contribution in [0.3, 0.4) is 0 Å². The Morgan fingerprint density at radius 3 is 2.47 bits per heavy atom. The van der Waals surface area contributed by atoms with Crippen LogP contribution in [0, 0.1) is 11.3 Å². The number of aliphatic carboxylic acids is 1. The van der Waals surface area contributed by atoms with Crippen LogP contribution < -0.4 is 21.3 Å². The molecule has 11 nitrogen and oxygen atoms in total. The minimum Gasteiger partial charge on any atom is -0.480 e. The number of nitrogen functional groups attached to an aromatic ring is 1. The van der Waals surface area contributed by atoms with Gasteiger partial charge in [0.15, 0.2) is 0 Å². The third-order valence-electron chi connectivity index (χ3n) is 5.80. The van der Waals surface area contributed by atoms with Crippen molar-refractivity contribution in [3.63, 3.8) is 0 Å². The van der Waals surface area contributed by atoms with E-state index in [2.05, 4.69) is 10.6 Å². The molecule has 0 aliphatic carbocycles. The lowest BCUT2D eigenvalue weighted by Crippen LogP contribution is -2.49. The van der Waals surface area contributed by atoms with E-state index in [0.29, 0.717) is 30.6 Å². The third kappa shape index (κ3) is 7.29. The summed E-state index contributed by atoms with van der Waals surface area (Å²) in [6.45, 7) is 0.162. The molecule has 3 rings (SSSR count). The number of rotatable bonds is 11. The van der Waals surface area contributed by atoms with Gasteiger partial charge in [-0.05, 0) is 36.2 Å². The summed E-state index contributed by atoms with van der Waals surface area (Å²) in [5.74, 6) is -2.65. The van der Waals surface area contributed by atoms with Gasteiger partial charge in [0.1, 0.15) is 11.9 Å². The van der Waals surface area contributed by atoms with E-state index < -0.39 is 29.9 Å². The maximum Gasteiger partial charge on any atom is 0.407 e. The first kappa shape index (κ1) is 26.2. The summed E-state index contributed by atoms with van der Waals surface area (Å²) >= 11 is 0. The van der Waals surface area contributed by atoms with E-state index in [-0.39, 0.29) is 31.3 Å². The van der Waals surface area contributed by atoms with E-state index in [1.165, 1.54) is 0 Å². The highest BCUT2D eigenvalue weighted by atomic mass is 16.5. The van der Waals surface area contributed by atoms with Crippen LogP contribution in [-0.2, 0) is 25.5 Å². The lowest BCUT2D eigenvalue weighted by atomic mass is 10.0. The van der Waals surface area contributed by atoms with Gasteiger partial charge in [0, 0.05) is 43.1 Å². The summed E-state index contributed by atoms with van der Waals surface area (Å²) in [7, 11) is 0. The summed E-state index contributed by atoms with van der Waals surface area (Å²) in [6, 6.07) is 14.7. The molecular formula is C25H29N5O6. The first-order valence-electron chi connectivity index (χ1n) is 11.5. The fourth-order valence-electron chi connectivity index (χ4n) is 3.81. The number of benzene rings is 2. The van der Waals surface area contributed by atoms with Crippen LogP contribution in [0.2, 0.25) is 0 Å². The van der Waals surface area contributed by atoms with Crippen molar-refractivity contribution >= 4 is 35.4 Å². The molecule has 1 saturated heterocycles. The van der Waals surface area contributed by atoms with Crippen LogP contribution >= 0.6 is 0 Å². The second-order valence-electron chi connectivity index (χ2n) is 8.35. The number of amides is 3. The van der Waals surface area contributed by atoms with Crippen LogP contribution in [0.25, 0.3) is 0 Å². The second-order valence-corrected chi connectivity index (χ2v) is 8.35. The van der Waals surface area contributed by atoms with Crippen molar-refractivity contribution in [3.05, 3.63) is 65.7 Å². The lowest BCUT2D eigenvalue weighted by molar-refractivity contribution is -0.139. The molecule has 2 atom stereocenters. The Balaban J connectivity index is 1.43. The van der Waals surface area contributed by atoms with Gasteiger partial charge in [0.25, 0.3) is 0 Å². The number of anilines is 1. The van der Waals surface area contributed by atoms with Gasteiger partial charge in [-0.2, -0.15) is 0 Å². The summed E-state index contributed by atoms with van der Waals surface area (Å²) in [5.41, 5.74) is 7.62. The Bertz CT molecular complexity index is 1110. The second kappa shape index (κ2) is 12.3. The quantitative estimate of drug-likeness (QED) is 0.230. The Kier molecular flexibility index (Phi) is 8.98. The number of carbonyl (C=O) groups excluding carboxylic acids is 3. The van der Waals surface area contributed by atoms with Crippen LogP contribution in [0.5, 0.6) is 0 Å². The van der Waals surface area contributed by atoms with Crippen molar-refractivity contribution in [3.8, 4) is 0 Å². The molecule has 3 amide bonds. The fourth-order valence-corrected chi connectivity index (χ4v) is 3.81. The molecule has 1 heterocycles. The van der Waals surface area contributed by atoms with Crippen molar-refractivity contribution < 1.29 is 29.0 Å². The van der Waals surface area contributed by atoms with E-state index in [1.54, 1.807) is 29.2 Å². The first-order valence-corrected chi connectivity index (χ1v) is 11.5. The van der Waals surface area contributed by atoms with Crippen LogP contribution in [-0.4, -0.2) is 60.6 Å². The fraction of sp³-hybridized carbons (Fsp3) is 0.320. The number of nitrogens with zero attached hydrogens (tertiary/aromatic N) is 1. The molecule has 11 heteroatoms. The van der Waals surface area contributed by atoms with Crippen LogP contribution in [0.4, 0.5) is 10.5 Å². The highest BCUT2D eigenvalue weighted by molar-refractivity contribution is 6.00. The SMILES string of the molecule is N=C(N)c1ccc(N2CCC(CC(=O)NC[C@H](NC(=O)OCCc3ccccc3)C(=O)O)C2=O)cc1. The molecular weight excluding hydrogens is 466 g/mol. The number of nitrogens with two attached hydrogens (primary N) is 1. The van der Waals surface area contributed by atoms with E-state index >= 15 is 0 Å². The molecule has 1 aliphatic rings. The van der Waals surface area contributed by atoms with E-state index in [1.807, 2.05) is 30.3 Å². The van der Waals surface area contributed by atoms with Crippen molar-refractivity contribution in [2.24, 2.45) is 11.7 Å². The number of hydrogen-bond acceptors (Lipinski definition) is 6. The molecule has 190 valence electrons. The maximum absolute atomic E-state index is 12.8. The Hall–Kier alpha value is -4.41. The Morgan fingerprint density at radius 2 is 1.83 bits per heavy atom. The van der Waals surface area contributed by atoms with Gasteiger partial charge in [-0.3, -0.25) is 15.0 Å². The molecule has 0 saturated carbocycles. The normalized spacial score (nSPS) is 15.7. The van der Waals surface area contributed by atoms with Crippen LogP contribution in [0.15, 0.2) is 54.6 Å². The van der Waals surface area contributed by atoms with Crippen molar-refractivity contribution in [2.45, 2.75) is 25.3 Å². The van der Waals surface area contributed by atoms with Gasteiger partial charge in [-0.1, -0.05) is 30.3 Å². The van der Waals surface area contributed by atoms with E-state index in [9.17, 15) is 24.3 Å². The van der Waals surface area contributed by atoms with Gasteiger partial charge in [-0.25, -0.2) is 9.59 Å².